The van der Waals surface area contributed by atoms with Gasteiger partial charge >= 0.3 is 0 Å². The molecule has 0 radical (unpaired) electrons. The van der Waals surface area contributed by atoms with Crippen LogP contribution in [0.15, 0.2) is 0 Å². The van der Waals surface area contributed by atoms with Crippen LogP contribution >= 0.6 is 0 Å². The maximum absolute atomic E-state index is 12.6. The molecule has 0 aromatic rings. The highest BCUT2D eigenvalue weighted by Gasteiger charge is 2.70. The molecule has 110 valence electrons. The monoisotopic (exact) mass is 270 g/mol. The summed E-state index contributed by atoms with van der Waals surface area (Å²) < 4.78 is 5.78. The highest BCUT2D eigenvalue weighted by molar-refractivity contribution is 5.90. The number of amides is 1. The SMILES string of the molecule is CC(C)(CO)NC(=O)C1(N)C2CCCOC2C1(C)C. The van der Waals surface area contributed by atoms with Crippen LogP contribution in [-0.4, -0.2) is 41.4 Å². The summed E-state index contributed by atoms with van der Waals surface area (Å²) >= 11 is 0. The first-order chi connectivity index (χ1) is 8.67. The summed E-state index contributed by atoms with van der Waals surface area (Å²) in [6.45, 7) is 8.20. The molecular weight excluding hydrogens is 244 g/mol. The Morgan fingerprint density at radius 3 is 2.74 bits per heavy atom. The van der Waals surface area contributed by atoms with Gasteiger partial charge in [-0.3, -0.25) is 4.79 Å². The third-order valence-corrected chi connectivity index (χ3v) is 4.91. The predicted molar refractivity (Wildman–Crippen MR) is 72.5 cm³/mol. The van der Waals surface area contributed by atoms with Gasteiger partial charge in [-0.15, -0.1) is 0 Å². The van der Waals surface area contributed by atoms with Crippen molar-refractivity contribution in [2.45, 2.75) is 57.7 Å². The third kappa shape index (κ3) is 1.99. The average molecular weight is 270 g/mol. The Hall–Kier alpha value is -0.650. The van der Waals surface area contributed by atoms with Gasteiger partial charge in [0.05, 0.1) is 18.2 Å². The number of carbonyl (C=O) groups is 1. The molecule has 5 heteroatoms. The Kier molecular flexibility index (Phi) is 3.44. The normalized spacial score (nSPS) is 37.2. The molecule has 0 aromatic carbocycles. The second-order valence-electron chi connectivity index (χ2n) is 7.13. The van der Waals surface area contributed by atoms with Crippen LogP contribution in [0.25, 0.3) is 0 Å². The lowest BCUT2D eigenvalue weighted by molar-refractivity contribution is -0.226. The van der Waals surface area contributed by atoms with Crippen molar-refractivity contribution >= 4 is 5.91 Å². The van der Waals surface area contributed by atoms with Crippen LogP contribution in [0.2, 0.25) is 0 Å². The van der Waals surface area contributed by atoms with Gasteiger partial charge in [0.15, 0.2) is 0 Å². The van der Waals surface area contributed by atoms with E-state index in [2.05, 4.69) is 5.32 Å². The zero-order chi connectivity index (χ0) is 14.5. The van der Waals surface area contributed by atoms with Crippen molar-refractivity contribution < 1.29 is 14.6 Å². The minimum absolute atomic E-state index is 0.0641. The number of aliphatic hydroxyl groups excluding tert-OH is 1. The maximum Gasteiger partial charge on any atom is 0.241 e. The maximum atomic E-state index is 12.6. The molecule has 3 unspecified atom stereocenters. The van der Waals surface area contributed by atoms with Gasteiger partial charge in [-0.2, -0.15) is 0 Å². The number of rotatable bonds is 3. The highest BCUT2D eigenvalue weighted by Crippen LogP contribution is 2.57. The molecule has 4 N–H and O–H groups in total. The third-order valence-electron chi connectivity index (χ3n) is 4.91. The lowest BCUT2D eigenvalue weighted by Gasteiger charge is -2.65. The molecule has 1 saturated carbocycles. The van der Waals surface area contributed by atoms with Crippen molar-refractivity contribution in [3.05, 3.63) is 0 Å². The summed E-state index contributed by atoms with van der Waals surface area (Å²) in [5.41, 5.74) is 4.52. The first kappa shape index (κ1) is 14.8. The summed E-state index contributed by atoms with van der Waals surface area (Å²) in [5, 5.41) is 12.1. The number of nitrogens with two attached hydrogens (primary N) is 1. The van der Waals surface area contributed by atoms with Gasteiger partial charge in [0, 0.05) is 17.9 Å². The van der Waals surface area contributed by atoms with Crippen LogP contribution in [0.4, 0.5) is 0 Å². The molecule has 19 heavy (non-hydrogen) atoms. The van der Waals surface area contributed by atoms with E-state index >= 15 is 0 Å². The number of nitrogens with one attached hydrogen (secondary N) is 1. The second-order valence-corrected chi connectivity index (χ2v) is 7.13. The molecule has 0 aromatic heterocycles. The predicted octanol–water partition coefficient (Wildman–Crippen LogP) is 0.406. The minimum atomic E-state index is -0.912. The molecule has 1 heterocycles. The summed E-state index contributed by atoms with van der Waals surface area (Å²) in [6.07, 6.45) is 1.94. The van der Waals surface area contributed by atoms with Crippen molar-refractivity contribution in [3.63, 3.8) is 0 Å². The van der Waals surface area contributed by atoms with Gasteiger partial charge in [0.25, 0.3) is 0 Å². The molecule has 2 aliphatic rings. The number of aliphatic hydroxyl groups is 1. The van der Waals surface area contributed by atoms with Crippen molar-refractivity contribution in [2.24, 2.45) is 17.1 Å². The molecule has 0 spiro atoms. The molecule has 1 aliphatic carbocycles. The van der Waals surface area contributed by atoms with E-state index in [-0.39, 0.29) is 30.0 Å². The largest absolute Gasteiger partial charge is 0.394 e. The van der Waals surface area contributed by atoms with Gasteiger partial charge in [-0.25, -0.2) is 0 Å². The molecule has 0 bridgehead atoms. The van der Waals surface area contributed by atoms with E-state index in [1.165, 1.54) is 0 Å². The van der Waals surface area contributed by atoms with E-state index in [0.717, 1.165) is 19.4 Å². The summed E-state index contributed by atoms with van der Waals surface area (Å²) in [7, 11) is 0. The summed E-state index contributed by atoms with van der Waals surface area (Å²) in [6, 6.07) is 0. The molecule has 1 amide bonds. The van der Waals surface area contributed by atoms with Gasteiger partial charge in [-0.1, -0.05) is 13.8 Å². The van der Waals surface area contributed by atoms with Crippen molar-refractivity contribution in [3.8, 4) is 0 Å². The molecule has 3 atom stereocenters. The van der Waals surface area contributed by atoms with E-state index in [1.807, 2.05) is 13.8 Å². The van der Waals surface area contributed by atoms with Gasteiger partial charge in [0.2, 0.25) is 5.91 Å². The topological polar surface area (TPSA) is 84.6 Å². The van der Waals surface area contributed by atoms with Crippen LogP contribution in [-0.2, 0) is 9.53 Å². The van der Waals surface area contributed by atoms with Crippen LogP contribution in [0.3, 0.4) is 0 Å². The lowest BCUT2D eigenvalue weighted by Crippen LogP contribution is -2.83. The van der Waals surface area contributed by atoms with E-state index in [4.69, 9.17) is 10.5 Å². The number of hydrogen-bond acceptors (Lipinski definition) is 4. The van der Waals surface area contributed by atoms with Crippen molar-refractivity contribution in [1.29, 1.82) is 0 Å². The molecule has 1 saturated heterocycles. The average Bonchev–Trinajstić information content (AvgIpc) is 2.37. The van der Waals surface area contributed by atoms with Crippen LogP contribution in [0.5, 0.6) is 0 Å². The number of ether oxygens (including phenoxy) is 1. The highest BCUT2D eigenvalue weighted by atomic mass is 16.5. The van der Waals surface area contributed by atoms with Gasteiger partial charge in [0.1, 0.15) is 5.54 Å². The summed E-state index contributed by atoms with van der Waals surface area (Å²) in [5.74, 6) is -0.103. The number of fused-ring (bicyclic) bond motifs is 1. The first-order valence-corrected chi connectivity index (χ1v) is 7.01. The van der Waals surface area contributed by atoms with Crippen LogP contribution in [0.1, 0.15) is 40.5 Å². The molecule has 2 fully saturated rings. The smallest absolute Gasteiger partial charge is 0.241 e. The van der Waals surface area contributed by atoms with Crippen LogP contribution in [0, 0.1) is 11.3 Å². The fourth-order valence-electron chi connectivity index (χ4n) is 3.49. The Morgan fingerprint density at radius 1 is 1.53 bits per heavy atom. The molecular formula is C14H26N2O3. The second kappa shape index (κ2) is 4.43. The molecule has 5 nitrogen and oxygen atoms in total. The van der Waals surface area contributed by atoms with Crippen LogP contribution < -0.4 is 11.1 Å². The van der Waals surface area contributed by atoms with E-state index < -0.39 is 11.1 Å². The fraction of sp³-hybridized carbons (Fsp3) is 0.929. The summed E-state index contributed by atoms with van der Waals surface area (Å²) in [4.78, 5) is 12.6. The zero-order valence-electron chi connectivity index (χ0n) is 12.3. The minimum Gasteiger partial charge on any atom is -0.394 e. The Bertz CT molecular complexity index is 381. The quantitative estimate of drug-likeness (QED) is 0.693. The standard InChI is InChI=1S/C14H26N2O3/c1-12(2,8-17)16-11(18)14(15)9-6-5-7-19-10(9)13(14,3)4/h9-10,17H,5-8,15H2,1-4H3,(H,16,18). The number of carbonyl (C=O) groups excluding carboxylic acids is 1. The van der Waals surface area contributed by atoms with E-state index in [0.29, 0.717) is 0 Å². The van der Waals surface area contributed by atoms with Crippen molar-refractivity contribution in [2.75, 3.05) is 13.2 Å². The lowest BCUT2D eigenvalue weighted by atomic mass is 9.46. The zero-order valence-corrected chi connectivity index (χ0v) is 12.3. The number of hydrogen-bond donors (Lipinski definition) is 3. The van der Waals surface area contributed by atoms with Gasteiger partial charge in [-0.05, 0) is 26.7 Å². The fourth-order valence-corrected chi connectivity index (χ4v) is 3.49. The van der Waals surface area contributed by atoms with Crippen molar-refractivity contribution in [1.82, 2.24) is 5.32 Å². The molecule has 2 rings (SSSR count). The Morgan fingerprint density at radius 2 is 2.16 bits per heavy atom. The van der Waals surface area contributed by atoms with Gasteiger partial charge < -0.3 is 20.9 Å². The molecule has 1 aliphatic heterocycles. The van der Waals surface area contributed by atoms with E-state index in [9.17, 15) is 9.90 Å². The Labute approximate surface area is 114 Å². The first-order valence-electron chi connectivity index (χ1n) is 7.01. The van der Waals surface area contributed by atoms with E-state index in [1.54, 1.807) is 13.8 Å². The Balaban J connectivity index is 2.19.